The first kappa shape index (κ1) is 14.6. The van der Waals surface area contributed by atoms with Crippen LogP contribution in [0.3, 0.4) is 0 Å². The van der Waals surface area contributed by atoms with Gasteiger partial charge in [-0.15, -0.1) is 11.3 Å². The Morgan fingerprint density at radius 2 is 1.84 bits per heavy atom. The first-order valence-corrected chi connectivity index (χ1v) is 7.61. The predicted molar refractivity (Wildman–Crippen MR) is 85.2 cm³/mol. The van der Waals surface area contributed by atoms with Gasteiger partial charge in [0.05, 0.1) is 6.04 Å². The molecule has 2 N–H and O–H groups in total. The van der Waals surface area contributed by atoms with Crippen LogP contribution in [0.1, 0.15) is 47.7 Å². The van der Waals surface area contributed by atoms with E-state index in [4.69, 9.17) is 17.3 Å². The highest BCUT2D eigenvalue weighted by Crippen LogP contribution is 2.35. The molecule has 1 unspecified atom stereocenters. The normalized spacial score (nSPS) is 13.6. The fourth-order valence-corrected chi connectivity index (χ4v) is 3.31. The topological polar surface area (TPSA) is 26.0 Å². The van der Waals surface area contributed by atoms with Gasteiger partial charge in [-0.25, -0.2) is 0 Å². The van der Waals surface area contributed by atoms with Crippen molar-refractivity contribution in [3.05, 3.63) is 56.2 Å². The van der Waals surface area contributed by atoms with Gasteiger partial charge in [-0.2, -0.15) is 0 Å². The molecule has 0 aliphatic heterocycles. The van der Waals surface area contributed by atoms with Crippen molar-refractivity contribution in [1.29, 1.82) is 0 Å². The van der Waals surface area contributed by atoms with Crippen LogP contribution in [-0.4, -0.2) is 0 Å². The van der Waals surface area contributed by atoms with Gasteiger partial charge in [0.2, 0.25) is 0 Å². The number of halogens is 1. The molecule has 19 heavy (non-hydrogen) atoms. The average Bonchev–Trinajstić information content (AvgIpc) is 2.81. The van der Waals surface area contributed by atoms with E-state index >= 15 is 0 Å². The summed E-state index contributed by atoms with van der Waals surface area (Å²) in [7, 11) is 0. The van der Waals surface area contributed by atoms with Crippen LogP contribution >= 0.6 is 22.9 Å². The zero-order chi connectivity index (χ0) is 14.2. The Hall–Kier alpha value is -0.830. The van der Waals surface area contributed by atoms with Crippen molar-refractivity contribution >= 4 is 22.9 Å². The minimum atomic E-state index is -0.0974. The Labute approximate surface area is 124 Å². The molecule has 2 rings (SSSR count). The maximum absolute atomic E-state index is 6.39. The molecule has 0 aliphatic rings. The number of hydrogen-bond donors (Lipinski definition) is 1. The van der Waals surface area contributed by atoms with Crippen molar-refractivity contribution in [1.82, 2.24) is 0 Å². The fourth-order valence-electron chi connectivity index (χ4n) is 2.04. The molecule has 0 saturated heterocycles. The monoisotopic (exact) mass is 293 g/mol. The summed E-state index contributed by atoms with van der Waals surface area (Å²) >= 11 is 7.96. The molecule has 0 radical (unpaired) electrons. The summed E-state index contributed by atoms with van der Waals surface area (Å²) in [5.41, 5.74) is 8.74. The number of rotatable bonds is 2. The summed E-state index contributed by atoms with van der Waals surface area (Å²) in [4.78, 5) is 2.55. The highest BCUT2D eigenvalue weighted by atomic mass is 35.5. The van der Waals surface area contributed by atoms with Crippen molar-refractivity contribution in [3.8, 4) is 0 Å². The standard InChI is InChI=1S/C16H20ClNS/c1-10-11(6-5-7-12(10)17)15(18)13-8-9-14(19-13)16(2,3)4/h5-9,15H,18H2,1-4H3. The maximum Gasteiger partial charge on any atom is 0.0649 e. The summed E-state index contributed by atoms with van der Waals surface area (Å²) < 4.78 is 0. The van der Waals surface area contributed by atoms with Crippen LogP contribution in [-0.2, 0) is 5.41 Å². The molecule has 0 spiro atoms. The quantitative estimate of drug-likeness (QED) is 0.823. The van der Waals surface area contributed by atoms with Crippen LogP contribution in [0.5, 0.6) is 0 Å². The molecule has 102 valence electrons. The van der Waals surface area contributed by atoms with Gasteiger partial charge in [0.25, 0.3) is 0 Å². The predicted octanol–water partition coefficient (Wildman–Crippen LogP) is 5.06. The summed E-state index contributed by atoms with van der Waals surface area (Å²) in [5.74, 6) is 0. The summed E-state index contributed by atoms with van der Waals surface area (Å²) in [6.07, 6.45) is 0. The molecule has 0 aliphatic carbocycles. The molecule has 1 aromatic heterocycles. The van der Waals surface area contributed by atoms with Crippen molar-refractivity contribution in [2.24, 2.45) is 5.73 Å². The molecule has 3 heteroatoms. The second-order valence-electron chi connectivity index (χ2n) is 5.88. The van der Waals surface area contributed by atoms with Crippen LogP contribution < -0.4 is 5.73 Å². The molecule has 0 fully saturated rings. The van der Waals surface area contributed by atoms with E-state index in [9.17, 15) is 0 Å². The van der Waals surface area contributed by atoms with E-state index in [1.54, 1.807) is 11.3 Å². The minimum Gasteiger partial charge on any atom is -0.320 e. The van der Waals surface area contributed by atoms with E-state index in [2.05, 4.69) is 39.0 Å². The van der Waals surface area contributed by atoms with Crippen molar-refractivity contribution < 1.29 is 0 Å². The lowest BCUT2D eigenvalue weighted by atomic mass is 9.95. The molecule has 2 aromatic rings. The largest absolute Gasteiger partial charge is 0.320 e. The minimum absolute atomic E-state index is 0.0974. The zero-order valence-corrected chi connectivity index (χ0v) is 13.4. The molecular weight excluding hydrogens is 274 g/mol. The second kappa shape index (κ2) is 5.28. The van der Waals surface area contributed by atoms with Crippen molar-refractivity contribution in [3.63, 3.8) is 0 Å². The molecule has 1 atom stereocenters. The van der Waals surface area contributed by atoms with Crippen LogP contribution in [0, 0.1) is 6.92 Å². The van der Waals surface area contributed by atoms with Crippen LogP contribution in [0.25, 0.3) is 0 Å². The maximum atomic E-state index is 6.39. The van der Waals surface area contributed by atoms with Gasteiger partial charge >= 0.3 is 0 Å². The van der Waals surface area contributed by atoms with E-state index in [0.29, 0.717) is 0 Å². The lowest BCUT2D eigenvalue weighted by Crippen LogP contribution is -2.12. The second-order valence-corrected chi connectivity index (χ2v) is 7.41. The number of nitrogens with two attached hydrogens (primary N) is 1. The smallest absolute Gasteiger partial charge is 0.0649 e. The highest BCUT2D eigenvalue weighted by Gasteiger charge is 2.20. The van der Waals surface area contributed by atoms with Gasteiger partial charge in [0, 0.05) is 14.8 Å². The average molecular weight is 294 g/mol. The third-order valence-electron chi connectivity index (χ3n) is 3.32. The van der Waals surface area contributed by atoms with Crippen LogP contribution in [0.15, 0.2) is 30.3 Å². The van der Waals surface area contributed by atoms with Gasteiger partial charge in [0.1, 0.15) is 0 Å². The SMILES string of the molecule is Cc1c(Cl)cccc1C(N)c1ccc(C(C)(C)C)s1. The van der Waals surface area contributed by atoms with E-state index in [1.165, 1.54) is 9.75 Å². The molecule has 0 amide bonds. The number of benzene rings is 1. The molecular formula is C16H20ClNS. The zero-order valence-electron chi connectivity index (χ0n) is 11.8. The van der Waals surface area contributed by atoms with Gasteiger partial charge in [0.15, 0.2) is 0 Å². The van der Waals surface area contributed by atoms with Crippen molar-refractivity contribution in [2.75, 3.05) is 0 Å². The Kier molecular flexibility index (Phi) is 4.05. The Balaban J connectivity index is 2.37. The van der Waals surface area contributed by atoms with E-state index < -0.39 is 0 Å². The highest BCUT2D eigenvalue weighted by molar-refractivity contribution is 7.12. The Bertz CT molecular complexity index is 581. The van der Waals surface area contributed by atoms with E-state index in [0.717, 1.165) is 16.1 Å². The van der Waals surface area contributed by atoms with Crippen LogP contribution in [0.2, 0.25) is 5.02 Å². The molecule has 1 heterocycles. The Morgan fingerprint density at radius 3 is 2.42 bits per heavy atom. The van der Waals surface area contributed by atoms with E-state index in [-0.39, 0.29) is 11.5 Å². The molecule has 0 bridgehead atoms. The van der Waals surface area contributed by atoms with Gasteiger partial charge < -0.3 is 5.73 Å². The van der Waals surface area contributed by atoms with Gasteiger partial charge in [-0.05, 0) is 41.7 Å². The first-order chi connectivity index (χ1) is 8.80. The summed E-state index contributed by atoms with van der Waals surface area (Å²) in [5, 5.41) is 0.778. The Morgan fingerprint density at radius 1 is 1.16 bits per heavy atom. The van der Waals surface area contributed by atoms with Crippen LogP contribution in [0.4, 0.5) is 0 Å². The third-order valence-corrected chi connectivity index (χ3v) is 5.32. The number of hydrogen-bond acceptors (Lipinski definition) is 2. The lowest BCUT2D eigenvalue weighted by molar-refractivity contribution is 0.604. The first-order valence-electron chi connectivity index (χ1n) is 6.41. The van der Waals surface area contributed by atoms with E-state index in [1.807, 2.05) is 19.1 Å². The van der Waals surface area contributed by atoms with Gasteiger partial charge in [-0.3, -0.25) is 0 Å². The van der Waals surface area contributed by atoms with Crippen molar-refractivity contribution in [2.45, 2.75) is 39.2 Å². The molecule has 0 saturated carbocycles. The summed E-state index contributed by atoms with van der Waals surface area (Å²) in [6, 6.07) is 10.1. The summed E-state index contributed by atoms with van der Waals surface area (Å²) in [6.45, 7) is 8.69. The lowest BCUT2D eigenvalue weighted by Gasteiger charge is -2.17. The fraction of sp³-hybridized carbons (Fsp3) is 0.375. The molecule has 1 aromatic carbocycles. The molecule has 1 nitrogen and oxygen atoms in total. The third kappa shape index (κ3) is 3.02. The van der Waals surface area contributed by atoms with Gasteiger partial charge in [-0.1, -0.05) is 44.5 Å². The number of thiophene rings is 1.